The lowest BCUT2D eigenvalue weighted by Gasteiger charge is -2.10. The van der Waals surface area contributed by atoms with Gasteiger partial charge >= 0.3 is 0 Å². The predicted molar refractivity (Wildman–Crippen MR) is 93.5 cm³/mol. The van der Waals surface area contributed by atoms with Crippen molar-refractivity contribution in [3.05, 3.63) is 10.9 Å². The van der Waals surface area contributed by atoms with Gasteiger partial charge in [-0.25, -0.2) is 4.98 Å². The highest BCUT2D eigenvalue weighted by Gasteiger charge is 2.10. The molecular weight excluding hydrogens is 280 g/mol. The molecule has 0 bridgehead atoms. The van der Waals surface area contributed by atoms with Gasteiger partial charge in [0, 0.05) is 18.0 Å². The third-order valence-corrected chi connectivity index (χ3v) is 4.24. The summed E-state index contributed by atoms with van der Waals surface area (Å²) in [6.45, 7) is 10.7. The van der Waals surface area contributed by atoms with E-state index in [2.05, 4.69) is 54.4 Å². The van der Waals surface area contributed by atoms with Crippen molar-refractivity contribution in [2.45, 2.75) is 47.0 Å². The Morgan fingerprint density at radius 1 is 1.19 bits per heavy atom. The minimum Gasteiger partial charge on any atom is -0.369 e. The molecule has 2 heterocycles. The molecule has 2 aromatic rings. The Kier molecular flexibility index (Phi) is 5.79. The third kappa shape index (κ3) is 4.56. The molecule has 0 saturated carbocycles. The Morgan fingerprint density at radius 3 is 2.71 bits per heavy atom. The Bertz CT molecular complexity index is 577. The van der Waals surface area contributed by atoms with Crippen LogP contribution in [0.1, 0.15) is 44.9 Å². The van der Waals surface area contributed by atoms with Gasteiger partial charge in [-0.2, -0.15) is 4.98 Å². The number of aryl methyl sites for hydroxylation is 1. The minimum atomic E-state index is 0.734. The molecule has 0 aliphatic carbocycles. The fourth-order valence-electron chi connectivity index (χ4n) is 2.21. The van der Waals surface area contributed by atoms with E-state index in [1.807, 2.05) is 0 Å². The predicted octanol–water partition coefficient (Wildman–Crippen LogP) is 4.67. The molecular formula is C16H26N4S. The van der Waals surface area contributed by atoms with Crippen LogP contribution in [0.25, 0.3) is 10.2 Å². The van der Waals surface area contributed by atoms with Crippen molar-refractivity contribution in [2.24, 2.45) is 5.92 Å². The monoisotopic (exact) mass is 306 g/mol. The molecule has 0 spiro atoms. The summed E-state index contributed by atoms with van der Waals surface area (Å²) < 4.78 is 0. The van der Waals surface area contributed by atoms with E-state index < -0.39 is 0 Å². The summed E-state index contributed by atoms with van der Waals surface area (Å²) >= 11 is 1.73. The fraction of sp³-hybridized carbons (Fsp3) is 0.625. The van der Waals surface area contributed by atoms with Gasteiger partial charge < -0.3 is 10.6 Å². The number of rotatable bonds is 8. The van der Waals surface area contributed by atoms with E-state index in [1.54, 1.807) is 11.3 Å². The molecule has 0 amide bonds. The zero-order valence-electron chi connectivity index (χ0n) is 13.5. The van der Waals surface area contributed by atoms with Crippen LogP contribution in [-0.2, 0) is 0 Å². The maximum Gasteiger partial charge on any atom is 0.226 e. The maximum absolute atomic E-state index is 4.64. The molecule has 2 N–H and O–H groups in total. The van der Waals surface area contributed by atoms with Crippen LogP contribution in [0.4, 0.5) is 11.8 Å². The van der Waals surface area contributed by atoms with Crippen LogP contribution in [0.3, 0.4) is 0 Å². The van der Waals surface area contributed by atoms with Crippen LogP contribution >= 0.6 is 11.3 Å². The van der Waals surface area contributed by atoms with Crippen molar-refractivity contribution in [1.29, 1.82) is 0 Å². The average molecular weight is 306 g/mol. The molecule has 21 heavy (non-hydrogen) atoms. The number of fused-ring (bicyclic) bond motifs is 1. The molecule has 0 fully saturated rings. The van der Waals surface area contributed by atoms with E-state index in [1.165, 1.54) is 17.7 Å². The quantitative estimate of drug-likeness (QED) is 0.696. The van der Waals surface area contributed by atoms with Crippen LogP contribution in [0, 0.1) is 12.8 Å². The van der Waals surface area contributed by atoms with E-state index in [0.29, 0.717) is 0 Å². The number of hydrogen-bond acceptors (Lipinski definition) is 5. The lowest BCUT2D eigenvalue weighted by molar-refractivity contribution is 0.567. The number of anilines is 2. The molecule has 2 rings (SSSR count). The van der Waals surface area contributed by atoms with Crippen LogP contribution in [-0.4, -0.2) is 23.1 Å². The minimum absolute atomic E-state index is 0.734. The van der Waals surface area contributed by atoms with E-state index in [0.717, 1.165) is 47.4 Å². The lowest BCUT2D eigenvalue weighted by Crippen LogP contribution is -2.09. The van der Waals surface area contributed by atoms with E-state index in [4.69, 9.17) is 0 Å². The van der Waals surface area contributed by atoms with Gasteiger partial charge in [-0.05, 0) is 38.2 Å². The smallest absolute Gasteiger partial charge is 0.226 e. The molecule has 0 aliphatic rings. The molecule has 0 saturated heterocycles. The summed E-state index contributed by atoms with van der Waals surface area (Å²) in [5.74, 6) is 2.45. The molecule has 2 aromatic heterocycles. The zero-order valence-corrected chi connectivity index (χ0v) is 14.3. The molecule has 0 unspecified atom stereocenters. The standard InChI is InChI=1S/C16H26N4S/c1-5-8-18-16-19-14(17-9-6-7-11(2)3)13-10-12(4)21-15(13)20-16/h10-11H,5-9H2,1-4H3,(H2,17,18,19,20). The summed E-state index contributed by atoms with van der Waals surface area (Å²) in [4.78, 5) is 11.6. The topological polar surface area (TPSA) is 49.8 Å². The van der Waals surface area contributed by atoms with Crippen molar-refractivity contribution in [3.8, 4) is 0 Å². The molecule has 5 heteroatoms. The summed E-state index contributed by atoms with van der Waals surface area (Å²) in [6, 6.07) is 2.17. The number of nitrogens with zero attached hydrogens (tertiary/aromatic N) is 2. The first kappa shape index (κ1) is 16.0. The number of nitrogens with one attached hydrogen (secondary N) is 2. The summed E-state index contributed by atoms with van der Waals surface area (Å²) in [5.41, 5.74) is 0. The van der Waals surface area contributed by atoms with Crippen molar-refractivity contribution in [1.82, 2.24) is 9.97 Å². The second-order valence-electron chi connectivity index (χ2n) is 5.86. The van der Waals surface area contributed by atoms with Crippen LogP contribution < -0.4 is 10.6 Å². The second-order valence-corrected chi connectivity index (χ2v) is 7.10. The van der Waals surface area contributed by atoms with Gasteiger partial charge in [-0.1, -0.05) is 20.8 Å². The highest BCUT2D eigenvalue weighted by molar-refractivity contribution is 7.18. The van der Waals surface area contributed by atoms with E-state index >= 15 is 0 Å². The van der Waals surface area contributed by atoms with Crippen LogP contribution in [0.2, 0.25) is 0 Å². The molecule has 116 valence electrons. The van der Waals surface area contributed by atoms with E-state index in [-0.39, 0.29) is 0 Å². The lowest BCUT2D eigenvalue weighted by atomic mass is 10.1. The van der Waals surface area contributed by atoms with Gasteiger partial charge in [0.2, 0.25) is 5.95 Å². The SMILES string of the molecule is CCCNc1nc(NCCCC(C)C)c2cc(C)sc2n1. The summed E-state index contributed by atoms with van der Waals surface area (Å²) in [5, 5.41) is 7.92. The first-order chi connectivity index (χ1) is 10.1. The number of hydrogen-bond donors (Lipinski definition) is 2. The van der Waals surface area contributed by atoms with Crippen LogP contribution in [0.5, 0.6) is 0 Å². The first-order valence-electron chi connectivity index (χ1n) is 7.86. The number of thiophene rings is 1. The third-order valence-electron chi connectivity index (χ3n) is 3.30. The largest absolute Gasteiger partial charge is 0.369 e. The van der Waals surface area contributed by atoms with Gasteiger partial charge in [-0.15, -0.1) is 11.3 Å². The van der Waals surface area contributed by atoms with Crippen molar-refractivity contribution in [3.63, 3.8) is 0 Å². The van der Waals surface area contributed by atoms with E-state index in [9.17, 15) is 0 Å². The Labute approximate surface area is 131 Å². The van der Waals surface area contributed by atoms with Crippen molar-refractivity contribution >= 4 is 33.3 Å². The first-order valence-corrected chi connectivity index (χ1v) is 8.67. The molecule has 0 aromatic carbocycles. The summed E-state index contributed by atoms with van der Waals surface area (Å²) in [6.07, 6.45) is 3.48. The number of aromatic nitrogens is 2. The fourth-order valence-corrected chi connectivity index (χ4v) is 3.09. The van der Waals surface area contributed by atoms with Crippen molar-refractivity contribution in [2.75, 3.05) is 23.7 Å². The Balaban J connectivity index is 2.14. The molecule has 0 atom stereocenters. The molecule has 0 radical (unpaired) electrons. The van der Waals surface area contributed by atoms with Gasteiger partial charge in [0.1, 0.15) is 10.6 Å². The van der Waals surface area contributed by atoms with Gasteiger partial charge in [-0.3, -0.25) is 0 Å². The van der Waals surface area contributed by atoms with Gasteiger partial charge in [0.15, 0.2) is 0 Å². The highest BCUT2D eigenvalue weighted by Crippen LogP contribution is 2.29. The van der Waals surface area contributed by atoms with Gasteiger partial charge in [0.25, 0.3) is 0 Å². The average Bonchev–Trinajstić information content (AvgIpc) is 2.81. The van der Waals surface area contributed by atoms with Crippen molar-refractivity contribution < 1.29 is 0 Å². The molecule has 4 nitrogen and oxygen atoms in total. The summed E-state index contributed by atoms with van der Waals surface area (Å²) in [7, 11) is 0. The Morgan fingerprint density at radius 2 is 2.00 bits per heavy atom. The normalized spacial score (nSPS) is 11.3. The highest BCUT2D eigenvalue weighted by atomic mass is 32.1. The van der Waals surface area contributed by atoms with Crippen LogP contribution in [0.15, 0.2) is 6.07 Å². The second kappa shape index (κ2) is 7.59. The van der Waals surface area contributed by atoms with Gasteiger partial charge in [0.05, 0.1) is 5.39 Å². The maximum atomic E-state index is 4.64. The molecule has 0 aliphatic heterocycles. The zero-order chi connectivity index (χ0) is 15.2. The Hall–Kier alpha value is -1.36.